The zero-order valence-corrected chi connectivity index (χ0v) is 11.0. The molecule has 0 aromatic heterocycles. The molecule has 18 heavy (non-hydrogen) atoms. The molecule has 4 heteroatoms. The van der Waals surface area contributed by atoms with Crippen LogP contribution in [0.5, 0.6) is 0 Å². The molecule has 1 aromatic carbocycles. The van der Waals surface area contributed by atoms with Crippen LogP contribution < -0.4 is 5.32 Å². The third kappa shape index (κ3) is 4.85. The number of aliphatic hydroxyl groups excluding tert-OH is 1. The van der Waals surface area contributed by atoms with Crippen LogP contribution in [0.25, 0.3) is 0 Å². The van der Waals surface area contributed by atoms with Gasteiger partial charge in [-0.2, -0.15) is 0 Å². The Morgan fingerprint density at radius 1 is 1.39 bits per heavy atom. The van der Waals surface area contributed by atoms with Gasteiger partial charge >= 0.3 is 0 Å². The Hall–Kier alpha value is -1.39. The number of carbonyl (C=O) groups excluding carboxylic acids is 1. The van der Waals surface area contributed by atoms with E-state index >= 15 is 0 Å². The van der Waals surface area contributed by atoms with Crippen LogP contribution >= 0.6 is 0 Å². The Labute approximate surface area is 108 Å². The van der Waals surface area contributed by atoms with Gasteiger partial charge in [0.15, 0.2) is 0 Å². The summed E-state index contributed by atoms with van der Waals surface area (Å²) in [5, 5.41) is 12.2. The second-order valence-corrected chi connectivity index (χ2v) is 4.24. The van der Waals surface area contributed by atoms with Crippen LogP contribution in [0.4, 0.5) is 0 Å². The summed E-state index contributed by atoms with van der Waals surface area (Å²) < 4.78 is 5.00. The molecule has 1 atom stereocenters. The maximum Gasteiger partial charge on any atom is 0.251 e. The number of aliphatic hydroxyl groups is 1. The Balaban J connectivity index is 2.41. The SMILES string of the molecule is CCC(O)CCNC(=O)c1ccc(COC)cc1. The first-order valence-electron chi connectivity index (χ1n) is 6.21. The molecule has 0 saturated carbocycles. The molecule has 2 N–H and O–H groups in total. The molecule has 1 unspecified atom stereocenters. The summed E-state index contributed by atoms with van der Waals surface area (Å²) in [4.78, 5) is 11.8. The van der Waals surface area contributed by atoms with Crippen molar-refractivity contribution < 1.29 is 14.6 Å². The van der Waals surface area contributed by atoms with Gasteiger partial charge in [-0.1, -0.05) is 19.1 Å². The molecule has 100 valence electrons. The van der Waals surface area contributed by atoms with E-state index in [1.165, 1.54) is 0 Å². The molecule has 1 aromatic rings. The lowest BCUT2D eigenvalue weighted by Gasteiger charge is -2.09. The number of rotatable bonds is 7. The molecule has 0 aliphatic carbocycles. The van der Waals surface area contributed by atoms with E-state index in [1.54, 1.807) is 19.2 Å². The monoisotopic (exact) mass is 251 g/mol. The van der Waals surface area contributed by atoms with Gasteiger partial charge in [-0.15, -0.1) is 0 Å². The zero-order chi connectivity index (χ0) is 13.4. The number of hydrogen-bond acceptors (Lipinski definition) is 3. The molecular weight excluding hydrogens is 230 g/mol. The van der Waals surface area contributed by atoms with Crippen LogP contribution in [-0.4, -0.2) is 30.8 Å². The molecule has 0 fully saturated rings. The molecular formula is C14H21NO3. The largest absolute Gasteiger partial charge is 0.393 e. The molecule has 1 rings (SSSR count). The van der Waals surface area contributed by atoms with Crippen molar-refractivity contribution in [1.82, 2.24) is 5.32 Å². The molecule has 4 nitrogen and oxygen atoms in total. The second-order valence-electron chi connectivity index (χ2n) is 4.24. The quantitative estimate of drug-likeness (QED) is 0.776. The molecule has 0 radical (unpaired) electrons. The summed E-state index contributed by atoms with van der Waals surface area (Å²) >= 11 is 0. The van der Waals surface area contributed by atoms with Gasteiger partial charge < -0.3 is 15.2 Å². The van der Waals surface area contributed by atoms with E-state index in [-0.39, 0.29) is 12.0 Å². The first-order chi connectivity index (χ1) is 8.67. The van der Waals surface area contributed by atoms with E-state index in [4.69, 9.17) is 4.74 Å². The minimum atomic E-state index is -0.339. The number of nitrogens with one attached hydrogen (secondary N) is 1. The van der Waals surface area contributed by atoms with Crippen molar-refractivity contribution in [2.24, 2.45) is 0 Å². The minimum absolute atomic E-state index is 0.109. The number of carbonyl (C=O) groups is 1. The topological polar surface area (TPSA) is 58.6 Å². The number of amides is 1. The van der Waals surface area contributed by atoms with Crippen molar-refractivity contribution in [2.45, 2.75) is 32.5 Å². The molecule has 0 aliphatic heterocycles. The van der Waals surface area contributed by atoms with Gasteiger partial charge in [0, 0.05) is 19.2 Å². The van der Waals surface area contributed by atoms with Crippen LogP contribution in [0.3, 0.4) is 0 Å². The van der Waals surface area contributed by atoms with Crippen LogP contribution in [0.1, 0.15) is 35.7 Å². The summed E-state index contributed by atoms with van der Waals surface area (Å²) in [6.45, 7) is 2.96. The summed E-state index contributed by atoms with van der Waals surface area (Å²) in [6, 6.07) is 7.30. The first kappa shape index (κ1) is 14.7. The Morgan fingerprint density at radius 2 is 2.06 bits per heavy atom. The van der Waals surface area contributed by atoms with E-state index < -0.39 is 0 Å². The molecule has 0 heterocycles. The van der Waals surface area contributed by atoms with Gasteiger partial charge in [0.05, 0.1) is 12.7 Å². The summed E-state index contributed by atoms with van der Waals surface area (Å²) in [7, 11) is 1.64. The summed E-state index contributed by atoms with van der Waals surface area (Å²) in [5.74, 6) is -0.109. The normalized spacial score (nSPS) is 12.2. The minimum Gasteiger partial charge on any atom is -0.393 e. The Kier molecular flexibility index (Phi) is 6.39. The lowest BCUT2D eigenvalue weighted by molar-refractivity contribution is 0.0942. The van der Waals surface area contributed by atoms with Crippen molar-refractivity contribution in [2.75, 3.05) is 13.7 Å². The maximum atomic E-state index is 11.8. The van der Waals surface area contributed by atoms with Gasteiger partial charge in [-0.25, -0.2) is 0 Å². The first-order valence-corrected chi connectivity index (χ1v) is 6.21. The van der Waals surface area contributed by atoms with Crippen molar-refractivity contribution >= 4 is 5.91 Å². The standard InChI is InChI=1S/C14H21NO3/c1-3-13(16)8-9-15-14(17)12-6-4-11(5-7-12)10-18-2/h4-7,13,16H,3,8-10H2,1-2H3,(H,15,17). The predicted octanol–water partition coefficient (Wildman–Crippen LogP) is 1.72. The van der Waals surface area contributed by atoms with Gasteiger partial charge in [-0.05, 0) is 30.5 Å². The van der Waals surface area contributed by atoms with Crippen LogP contribution in [0.2, 0.25) is 0 Å². The van der Waals surface area contributed by atoms with Crippen molar-refractivity contribution in [1.29, 1.82) is 0 Å². The highest BCUT2D eigenvalue weighted by molar-refractivity contribution is 5.94. The van der Waals surface area contributed by atoms with Gasteiger partial charge in [-0.3, -0.25) is 4.79 Å². The molecule has 0 saturated heterocycles. The van der Waals surface area contributed by atoms with E-state index in [1.807, 2.05) is 19.1 Å². The second kappa shape index (κ2) is 7.84. The van der Waals surface area contributed by atoms with Crippen LogP contribution in [0, 0.1) is 0 Å². The fourth-order valence-electron chi connectivity index (χ4n) is 1.58. The third-order valence-corrected chi connectivity index (χ3v) is 2.76. The number of hydrogen-bond donors (Lipinski definition) is 2. The van der Waals surface area contributed by atoms with E-state index in [0.29, 0.717) is 31.6 Å². The van der Waals surface area contributed by atoms with Crippen molar-refractivity contribution in [3.63, 3.8) is 0 Å². The van der Waals surface area contributed by atoms with Crippen molar-refractivity contribution in [3.8, 4) is 0 Å². The third-order valence-electron chi connectivity index (χ3n) is 2.76. The zero-order valence-electron chi connectivity index (χ0n) is 11.0. The number of methoxy groups -OCH3 is 1. The van der Waals surface area contributed by atoms with Gasteiger partial charge in [0.2, 0.25) is 0 Å². The smallest absolute Gasteiger partial charge is 0.251 e. The number of ether oxygens (including phenoxy) is 1. The van der Waals surface area contributed by atoms with E-state index in [0.717, 1.165) is 5.56 Å². The van der Waals surface area contributed by atoms with Crippen LogP contribution in [0.15, 0.2) is 24.3 Å². The lowest BCUT2D eigenvalue weighted by atomic mass is 10.1. The number of benzene rings is 1. The molecule has 0 spiro atoms. The highest BCUT2D eigenvalue weighted by Crippen LogP contribution is 2.05. The van der Waals surface area contributed by atoms with Gasteiger partial charge in [0.1, 0.15) is 0 Å². The van der Waals surface area contributed by atoms with Crippen LogP contribution in [-0.2, 0) is 11.3 Å². The average Bonchev–Trinajstić information content (AvgIpc) is 2.39. The fraction of sp³-hybridized carbons (Fsp3) is 0.500. The van der Waals surface area contributed by atoms with Gasteiger partial charge in [0.25, 0.3) is 5.91 Å². The summed E-state index contributed by atoms with van der Waals surface area (Å²) in [6.07, 6.45) is 0.959. The molecule has 1 amide bonds. The average molecular weight is 251 g/mol. The maximum absolute atomic E-state index is 11.8. The highest BCUT2D eigenvalue weighted by Gasteiger charge is 2.06. The van der Waals surface area contributed by atoms with E-state index in [2.05, 4.69) is 5.32 Å². The molecule has 0 aliphatic rings. The van der Waals surface area contributed by atoms with E-state index in [9.17, 15) is 9.90 Å². The molecule has 0 bridgehead atoms. The predicted molar refractivity (Wildman–Crippen MR) is 70.4 cm³/mol. The summed E-state index contributed by atoms with van der Waals surface area (Å²) in [5.41, 5.74) is 1.66. The highest BCUT2D eigenvalue weighted by atomic mass is 16.5. The lowest BCUT2D eigenvalue weighted by Crippen LogP contribution is -2.26. The fourth-order valence-corrected chi connectivity index (χ4v) is 1.58. The Morgan fingerprint density at radius 3 is 2.61 bits per heavy atom. The van der Waals surface area contributed by atoms with Crippen molar-refractivity contribution in [3.05, 3.63) is 35.4 Å². The Bertz CT molecular complexity index is 362.